The van der Waals surface area contributed by atoms with Gasteiger partial charge in [-0.25, -0.2) is 4.39 Å². The predicted octanol–water partition coefficient (Wildman–Crippen LogP) is 2.41. The molecule has 0 bridgehead atoms. The number of hydrogen-bond donors (Lipinski definition) is 1. The Balaban J connectivity index is 1.95. The molecule has 0 aliphatic rings. The average molecular weight is 246 g/mol. The van der Waals surface area contributed by atoms with Crippen molar-refractivity contribution in [3.63, 3.8) is 0 Å². The number of aromatic nitrogens is 1. The summed E-state index contributed by atoms with van der Waals surface area (Å²) in [5.74, 6) is -0.225. The minimum absolute atomic E-state index is 0.0330. The average Bonchev–Trinajstić information content (AvgIpc) is 2.36. The van der Waals surface area contributed by atoms with Crippen molar-refractivity contribution in [3.05, 3.63) is 64.3 Å². The molecule has 0 saturated carbocycles. The van der Waals surface area contributed by atoms with E-state index in [0.29, 0.717) is 18.7 Å². The molecule has 2 rings (SSSR count). The molecule has 18 heavy (non-hydrogen) atoms. The Bertz CT molecular complexity index is 592. The normalized spacial score (nSPS) is 10.3. The highest BCUT2D eigenvalue weighted by Gasteiger charge is 1.99. The number of pyridine rings is 1. The molecule has 3 nitrogen and oxygen atoms in total. The van der Waals surface area contributed by atoms with Gasteiger partial charge in [0.2, 0.25) is 0 Å². The number of nitrogens with one attached hydrogen (secondary N) is 1. The molecule has 1 aromatic carbocycles. The number of rotatable bonds is 4. The number of nitrogens with zero attached hydrogens (tertiary/aromatic N) is 1. The molecule has 0 radical (unpaired) electrons. The minimum Gasteiger partial charge on any atom is -0.383 e. The van der Waals surface area contributed by atoms with Crippen molar-refractivity contribution >= 4 is 5.69 Å². The Labute approximate surface area is 105 Å². The van der Waals surface area contributed by atoms with Gasteiger partial charge in [-0.05, 0) is 30.7 Å². The highest BCUT2D eigenvalue weighted by Crippen LogP contribution is 2.13. The second kappa shape index (κ2) is 5.49. The van der Waals surface area contributed by atoms with Crippen LogP contribution < -0.4 is 10.9 Å². The van der Waals surface area contributed by atoms with Gasteiger partial charge in [0.05, 0.1) is 0 Å². The molecule has 0 spiro atoms. The van der Waals surface area contributed by atoms with E-state index in [1.165, 1.54) is 12.1 Å². The fraction of sp³-hybridized carbons (Fsp3) is 0.214. The van der Waals surface area contributed by atoms with E-state index in [1.54, 1.807) is 29.8 Å². The first kappa shape index (κ1) is 12.4. The third-order valence-electron chi connectivity index (χ3n) is 2.75. The van der Waals surface area contributed by atoms with Gasteiger partial charge in [-0.2, -0.15) is 0 Å². The monoisotopic (exact) mass is 246 g/mol. The van der Waals surface area contributed by atoms with Crippen LogP contribution in [0.25, 0.3) is 0 Å². The van der Waals surface area contributed by atoms with Crippen molar-refractivity contribution in [3.8, 4) is 0 Å². The smallest absolute Gasteiger partial charge is 0.250 e. The summed E-state index contributed by atoms with van der Waals surface area (Å²) in [6, 6.07) is 10.1. The van der Waals surface area contributed by atoms with Crippen LogP contribution in [0.1, 0.15) is 5.56 Å². The molecule has 0 atom stereocenters. The lowest BCUT2D eigenvalue weighted by molar-refractivity contribution is 0.618. The van der Waals surface area contributed by atoms with Crippen LogP contribution in [0.3, 0.4) is 0 Å². The molecule has 4 heteroatoms. The molecule has 0 fully saturated rings. The quantitative estimate of drug-likeness (QED) is 0.898. The summed E-state index contributed by atoms with van der Waals surface area (Å²) in [5.41, 5.74) is 1.32. The van der Waals surface area contributed by atoms with Crippen LogP contribution in [0, 0.1) is 12.7 Å². The van der Waals surface area contributed by atoms with E-state index in [2.05, 4.69) is 5.32 Å². The second-order valence-electron chi connectivity index (χ2n) is 4.12. The molecular weight excluding hydrogens is 231 g/mol. The Kier molecular flexibility index (Phi) is 3.77. The maximum atomic E-state index is 13.3. The van der Waals surface area contributed by atoms with Crippen molar-refractivity contribution < 1.29 is 4.39 Å². The zero-order valence-electron chi connectivity index (χ0n) is 10.2. The Morgan fingerprint density at radius 2 is 2.11 bits per heavy atom. The van der Waals surface area contributed by atoms with E-state index in [0.717, 1.165) is 5.69 Å². The standard InChI is InChI=1S/C14H15FN2O/c1-11-5-6-12(10-13(11)15)16-7-9-17-8-3-2-4-14(17)18/h2-6,8,10,16H,7,9H2,1H3. The van der Waals surface area contributed by atoms with Crippen LogP contribution >= 0.6 is 0 Å². The van der Waals surface area contributed by atoms with Gasteiger partial charge in [-0.3, -0.25) is 4.79 Å². The van der Waals surface area contributed by atoms with E-state index < -0.39 is 0 Å². The largest absolute Gasteiger partial charge is 0.383 e. The summed E-state index contributed by atoms with van der Waals surface area (Å²) in [5, 5.41) is 3.09. The Hall–Kier alpha value is -2.10. The third-order valence-corrected chi connectivity index (χ3v) is 2.75. The van der Waals surface area contributed by atoms with Crippen molar-refractivity contribution in [2.75, 3.05) is 11.9 Å². The molecule has 0 aliphatic heterocycles. The first-order chi connectivity index (χ1) is 8.66. The zero-order valence-corrected chi connectivity index (χ0v) is 10.2. The van der Waals surface area contributed by atoms with Crippen LogP contribution in [0.2, 0.25) is 0 Å². The van der Waals surface area contributed by atoms with Crippen LogP contribution in [0.4, 0.5) is 10.1 Å². The summed E-state index contributed by atoms with van der Waals surface area (Å²) in [6.07, 6.45) is 1.74. The lowest BCUT2D eigenvalue weighted by Crippen LogP contribution is -2.22. The van der Waals surface area contributed by atoms with Crippen LogP contribution in [0.15, 0.2) is 47.4 Å². The number of anilines is 1. The van der Waals surface area contributed by atoms with Crippen molar-refractivity contribution in [1.82, 2.24) is 4.57 Å². The van der Waals surface area contributed by atoms with Gasteiger partial charge >= 0.3 is 0 Å². The lowest BCUT2D eigenvalue weighted by Gasteiger charge is -2.08. The summed E-state index contributed by atoms with van der Waals surface area (Å²) in [6.45, 7) is 2.85. The molecule has 0 aliphatic carbocycles. The van der Waals surface area contributed by atoms with Crippen LogP contribution in [0.5, 0.6) is 0 Å². The maximum absolute atomic E-state index is 13.3. The molecular formula is C14H15FN2O. The molecule has 94 valence electrons. The van der Waals surface area contributed by atoms with Crippen LogP contribution in [-0.4, -0.2) is 11.1 Å². The molecule has 0 amide bonds. The molecule has 1 aromatic heterocycles. The minimum atomic E-state index is -0.225. The summed E-state index contributed by atoms with van der Waals surface area (Å²) in [4.78, 5) is 11.4. The van der Waals surface area contributed by atoms with Crippen LogP contribution in [-0.2, 0) is 6.54 Å². The number of aryl methyl sites for hydroxylation is 1. The maximum Gasteiger partial charge on any atom is 0.250 e. The zero-order chi connectivity index (χ0) is 13.0. The van der Waals surface area contributed by atoms with Crippen molar-refractivity contribution in [2.45, 2.75) is 13.5 Å². The first-order valence-corrected chi connectivity index (χ1v) is 5.82. The molecule has 1 heterocycles. The van der Waals surface area contributed by atoms with E-state index in [9.17, 15) is 9.18 Å². The van der Waals surface area contributed by atoms with Crippen molar-refractivity contribution in [1.29, 1.82) is 0 Å². The van der Waals surface area contributed by atoms with E-state index in [1.807, 2.05) is 12.1 Å². The van der Waals surface area contributed by atoms with Gasteiger partial charge in [-0.1, -0.05) is 12.1 Å². The summed E-state index contributed by atoms with van der Waals surface area (Å²) >= 11 is 0. The number of halogens is 1. The van der Waals surface area contributed by atoms with Gasteiger partial charge in [0.25, 0.3) is 5.56 Å². The third kappa shape index (κ3) is 2.97. The topological polar surface area (TPSA) is 34.0 Å². The fourth-order valence-electron chi connectivity index (χ4n) is 1.67. The van der Waals surface area contributed by atoms with Gasteiger partial charge in [-0.15, -0.1) is 0 Å². The van der Waals surface area contributed by atoms with Crippen molar-refractivity contribution in [2.24, 2.45) is 0 Å². The van der Waals surface area contributed by atoms with E-state index in [4.69, 9.17) is 0 Å². The van der Waals surface area contributed by atoms with Gasteiger partial charge in [0, 0.05) is 31.0 Å². The van der Waals surface area contributed by atoms with Gasteiger partial charge in [0.15, 0.2) is 0 Å². The fourth-order valence-corrected chi connectivity index (χ4v) is 1.67. The van der Waals surface area contributed by atoms with Gasteiger partial charge < -0.3 is 9.88 Å². The molecule has 0 unspecified atom stereocenters. The SMILES string of the molecule is Cc1ccc(NCCn2ccccc2=O)cc1F. The second-order valence-corrected chi connectivity index (χ2v) is 4.12. The molecule has 2 aromatic rings. The number of benzene rings is 1. The Morgan fingerprint density at radius 1 is 1.28 bits per heavy atom. The molecule has 1 N–H and O–H groups in total. The molecule has 0 saturated heterocycles. The summed E-state index contributed by atoms with van der Waals surface area (Å²) in [7, 11) is 0. The highest BCUT2D eigenvalue weighted by molar-refractivity contribution is 5.44. The lowest BCUT2D eigenvalue weighted by atomic mass is 10.2. The first-order valence-electron chi connectivity index (χ1n) is 5.82. The summed E-state index contributed by atoms with van der Waals surface area (Å²) < 4.78 is 14.9. The van der Waals surface area contributed by atoms with Gasteiger partial charge in [0.1, 0.15) is 5.82 Å². The number of hydrogen-bond acceptors (Lipinski definition) is 2. The van der Waals surface area contributed by atoms with E-state index >= 15 is 0 Å². The highest BCUT2D eigenvalue weighted by atomic mass is 19.1. The van der Waals surface area contributed by atoms with E-state index in [-0.39, 0.29) is 11.4 Å². The Morgan fingerprint density at radius 3 is 2.83 bits per heavy atom. The predicted molar refractivity (Wildman–Crippen MR) is 70.3 cm³/mol.